The van der Waals surface area contributed by atoms with E-state index in [2.05, 4.69) is 59.4 Å². The fourth-order valence-electron chi connectivity index (χ4n) is 10.1. The third kappa shape index (κ3) is 6.20. The summed E-state index contributed by atoms with van der Waals surface area (Å²) in [5.74, 6) is 1.22. The number of para-hydroxylation sites is 1. The predicted octanol–water partition coefficient (Wildman–Crippen LogP) is 4.43. The highest BCUT2D eigenvalue weighted by molar-refractivity contribution is 6.01. The third-order valence-corrected chi connectivity index (χ3v) is 13.1. The highest BCUT2D eigenvalue weighted by atomic mass is 16.3. The number of phenolic OH excluding ortho intramolecular Hbond substituents is 1. The van der Waals surface area contributed by atoms with Gasteiger partial charge in [-0.3, -0.25) is 19.7 Å². The molecule has 6 fully saturated rings. The molecule has 6 aliphatic rings. The second-order valence-electron chi connectivity index (χ2n) is 16.6. The van der Waals surface area contributed by atoms with Crippen molar-refractivity contribution in [2.45, 2.75) is 57.3 Å². The van der Waals surface area contributed by atoms with Crippen LogP contribution in [-0.2, 0) is 14.4 Å². The summed E-state index contributed by atoms with van der Waals surface area (Å²) in [6.45, 7) is 8.92. The van der Waals surface area contributed by atoms with E-state index >= 15 is 0 Å². The molecule has 6 heterocycles. The molecule has 0 radical (unpaired) electrons. The Kier molecular flexibility index (Phi) is 8.44. The molecular formula is C41H49N7O4. The number of amides is 3. The van der Waals surface area contributed by atoms with Gasteiger partial charge in [0.2, 0.25) is 17.7 Å². The van der Waals surface area contributed by atoms with E-state index in [1.165, 1.54) is 31.4 Å². The smallest absolute Gasteiger partial charge is 0.234 e. The van der Waals surface area contributed by atoms with Gasteiger partial charge in [-0.1, -0.05) is 24.3 Å². The molecule has 0 unspecified atom stereocenters. The number of carbonyl (C=O) groups excluding carboxylic acids is 3. The van der Waals surface area contributed by atoms with Crippen LogP contribution in [0.15, 0.2) is 60.8 Å². The lowest BCUT2D eigenvalue weighted by atomic mass is 9.68. The van der Waals surface area contributed by atoms with Gasteiger partial charge in [0.1, 0.15) is 5.75 Å². The summed E-state index contributed by atoms with van der Waals surface area (Å²) in [5, 5.41) is 21.3. The minimum absolute atomic E-state index is 0.174. The molecule has 11 nitrogen and oxygen atoms in total. The number of anilines is 2. The van der Waals surface area contributed by atoms with Gasteiger partial charge in [-0.2, -0.15) is 10.2 Å². The van der Waals surface area contributed by atoms with E-state index in [1.807, 2.05) is 18.2 Å². The molecule has 1 atom stereocenters. The van der Waals surface area contributed by atoms with Crippen LogP contribution in [0, 0.1) is 22.7 Å². The molecule has 5 aliphatic heterocycles. The van der Waals surface area contributed by atoms with Gasteiger partial charge in [0, 0.05) is 82.0 Å². The van der Waals surface area contributed by atoms with Gasteiger partial charge in [-0.15, -0.1) is 0 Å². The predicted molar refractivity (Wildman–Crippen MR) is 198 cm³/mol. The Morgan fingerprint density at radius 2 is 1.56 bits per heavy atom. The standard InChI is InChI=1S/C41H49N7O4/c49-36-4-2-1-3-34(36)35-21-32(22-42-44-35)47-19-15-41(16-20-47,30-7-8-30)39(52)48-26-40(27-48)24-45(25-40)23-28-13-17-46(18-14-28)31-9-5-29(6-10-31)33-11-12-37(50)43-38(33)51/h1-6,9-10,21-22,28,30,33,49H,7-8,11-20,23-27H2,(H,43,50,51)/t33-/m1/s1. The number of benzene rings is 2. The number of hydrogen-bond acceptors (Lipinski definition) is 9. The Morgan fingerprint density at radius 3 is 2.25 bits per heavy atom. The maximum absolute atomic E-state index is 14.2. The zero-order valence-corrected chi connectivity index (χ0v) is 29.9. The minimum Gasteiger partial charge on any atom is -0.507 e. The maximum Gasteiger partial charge on any atom is 0.234 e. The molecule has 2 aromatic carbocycles. The lowest BCUT2D eigenvalue weighted by Crippen LogP contribution is -2.74. The van der Waals surface area contributed by atoms with Crippen molar-refractivity contribution >= 4 is 29.1 Å². The molecule has 1 aliphatic carbocycles. The number of aromatic hydroxyl groups is 1. The summed E-state index contributed by atoms with van der Waals surface area (Å²) < 4.78 is 0. The van der Waals surface area contributed by atoms with Crippen molar-refractivity contribution in [1.82, 2.24) is 25.3 Å². The normalized spacial score (nSPS) is 24.7. The van der Waals surface area contributed by atoms with E-state index in [0.717, 1.165) is 83.0 Å². The van der Waals surface area contributed by atoms with Gasteiger partial charge >= 0.3 is 0 Å². The summed E-state index contributed by atoms with van der Waals surface area (Å²) in [6.07, 6.45) is 9.22. The monoisotopic (exact) mass is 703 g/mol. The molecule has 5 saturated heterocycles. The van der Waals surface area contributed by atoms with Crippen LogP contribution in [0.5, 0.6) is 5.75 Å². The number of nitrogens with one attached hydrogen (secondary N) is 1. The molecule has 272 valence electrons. The first-order valence-corrected chi connectivity index (χ1v) is 19.3. The fourth-order valence-corrected chi connectivity index (χ4v) is 10.1. The maximum atomic E-state index is 14.2. The number of imide groups is 1. The molecule has 3 aromatic rings. The molecule has 52 heavy (non-hydrogen) atoms. The van der Waals surface area contributed by atoms with E-state index in [0.29, 0.717) is 41.8 Å². The zero-order valence-electron chi connectivity index (χ0n) is 29.9. The SMILES string of the molecule is O=C1CC[C@H](c2ccc(N3CCC(CN4CC5(C4)CN(C(=O)C4(C6CC6)CCN(c6cnnc(-c7ccccc7O)c6)CC4)C5)CC3)cc2)C(=O)N1. The van der Waals surface area contributed by atoms with E-state index in [-0.39, 0.29) is 34.3 Å². The Labute approximate surface area is 305 Å². The van der Waals surface area contributed by atoms with Crippen LogP contribution in [0.1, 0.15) is 62.8 Å². The Hall–Kier alpha value is -4.51. The van der Waals surface area contributed by atoms with Crippen LogP contribution in [0.4, 0.5) is 11.4 Å². The van der Waals surface area contributed by atoms with Crippen molar-refractivity contribution in [1.29, 1.82) is 0 Å². The summed E-state index contributed by atoms with van der Waals surface area (Å²) in [5.41, 5.74) is 4.57. The highest BCUT2D eigenvalue weighted by Crippen LogP contribution is 2.55. The number of likely N-dealkylation sites (tertiary alicyclic amines) is 2. The number of piperidine rings is 3. The van der Waals surface area contributed by atoms with Crippen LogP contribution in [0.3, 0.4) is 0 Å². The molecule has 2 N–H and O–H groups in total. The van der Waals surface area contributed by atoms with Crippen molar-refractivity contribution in [3.8, 4) is 17.0 Å². The van der Waals surface area contributed by atoms with Gasteiger partial charge in [0.05, 0.1) is 28.9 Å². The largest absolute Gasteiger partial charge is 0.507 e. The molecular weight excluding hydrogens is 654 g/mol. The quantitative estimate of drug-likeness (QED) is 0.329. The summed E-state index contributed by atoms with van der Waals surface area (Å²) in [6, 6.07) is 17.6. The Balaban J connectivity index is 0.733. The van der Waals surface area contributed by atoms with Crippen LogP contribution >= 0.6 is 0 Å². The van der Waals surface area contributed by atoms with Crippen molar-refractivity contribution < 1.29 is 19.5 Å². The number of phenols is 1. The van der Waals surface area contributed by atoms with Gasteiger partial charge < -0.3 is 24.7 Å². The molecule has 1 saturated carbocycles. The number of nitrogens with zero attached hydrogens (tertiary/aromatic N) is 6. The first kappa shape index (κ1) is 33.3. The average Bonchev–Trinajstić information content (AvgIpc) is 3.99. The Bertz CT molecular complexity index is 1830. The van der Waals surface area contributed by atoms with E-state index in [4.69, 9.17) is 0 Å². The van der Waals surface area contributed by atoms with Crippen molar-refractivity contribution in [3.05, 3.63) is 66.4 Å². The lowest BCUT2D eigenvalue weighted by Gasteiger charge is -2.62. The molecule has 1 aromatic heterocycles. The van der Waals surface area contributed by atoms with Gasteiger partial charge in [0.15, 0.2) is 0 Å². The van der Waals surface area contributed by atoms with E-state index in [1.54, 1.807) is 18.3 Å². The van der Waals surface area contributed by atoms with Crippen LogP contribution in [0.25, 0.3) is 11.3 Å². The van der Waals surface area contributed by atoms with Gasteiger partial charge in [-0.25, -0.2) is 0 Å². The number of hydrogen-bond donors (Lipinski definition) is 2. The minimum atomic E-state index is -0.237. The number of carbonyl (C=O) groups is 3. The number of rotatable bonds is 8. The third-order valence-electron chi connectivity index (χ3n) is 13.1. The van der Waals surface area contributed by atoms with Gasteiger partial charge in [0.25, 0.3) is 0 Å². The van der Waals surface area contributed by atoms with Crippen LogP contribution in [0.2, 0.25) is 0 Å². The molecule has 3 amide bonds. The zero-order chi connectivity index (χ0) is 35.5. The van der Waals surface area contributed by atoms with Gasteiger partial charge in [-0.05, 0) is 92.7 Å². The second-order valence-corrected chi connectivity index (χ2v) is 16.6. The van der Waals surface area contributed by atoms with Crippen molar-refractivity contribution in [3.63, 3.8) is 0 Å². The average molecular weight is 704 g/mol. The summed E-state index contributed by atoms with van der Waals surface area (Å²) in [4.78, 5) is 47.6. The first-order valence-electron chi connectivity index (χ1n) is 19.3. The molecule has 1 spiro atoms. The second kappa shape index (κ2) is 13.2. The first-order chi connectivity index (χ1) is 25.3. The van der Waals surface area contributed by atoms with Crippen LogP contribution < -0.4 is 15.1 Å². The van der Waals surface area contributed by atoms with E-state index < -0.39 is 0 Å². The topological polar surface area (TPSA) is 122 Å². The van der Waals surface area contributed by atoms with Crippen molar-refractivity contribution in [2.75, 3.05) is 68.7 Å². The lowest BCUT2D eigenvalue weighted by molar-refractivity contribution is -0.172. The van der Waals surface area contributed by atoms with Crippen molar-refractivity contribution in [2.24, 2.45) is 22.7 Å². The molecule has 0 bridgehead atoms. The molecule has 9 rings (SSSR count). The van der Waals surface area contributed by atoms with Crippen LogP contribution in [-0.4, -0.2) is 102 Å². The summed E-state index contributed by atoms with van der Waals surface area (Å²) in [7, 11) is 0. The summed E-state index contributed by atoms with van der Waals surface area (Å²) >= 11 is 0. The molecule has 11 heteroatoms. The van der Waals surface area contributed by atoms with E-state index in [9.17, 15) is 19.5 Å². The fraction of sp³-hybridized carbons (Fsp3) is 0.537. The Morgan fingerprint density at radius 1 is 0.846 bits per heavy atom. The number of aromatic nitrogens is 2. The highest BCUT2D eigenvalue weighted by Gasteiger charge is 2.59.